The third-order valence-electron chi connectivity index (χ3n) is 3.58. The molecule has 0 heterocycles. The molecule has 0 spiro atoms. The van der Waals surface area contributed by atoms with E-state index in [4.69, 9.17) is 5.14 Å². The first-order chi connectivity index (χ1) is 11.8. The van der Waals surface area contributed by atoms with Crippen LogP contribution in [0.4, 0.5) is 5.69 Å². The number of hydrogen-bond acceptors (Lipinski definition) is 5. The average Bonchev–Trinajstić information content (AvgIpc) is 2.54. The highest BCUT2D eigenvalue weighted by atomic mass is 32.2. The lowest BCUT2D eigenvalue weighted by Crippen LogP contribution is -2.26. The third-order valence-corrected chi connectivity index (χ3v) is 4.51. The van der Waals surface area contributed by atoms with Crippen LogP contribution in [0.2, 0.25) is 0 Å². The van der Waals surface area contributed by atoms with Gasteiger partial charge in [0.2, 0.25) is 15.9 Å². The molecule has 1 amide bonds. The Kier molecular flexibility index (Phi) is 5.89. The summed E-state index contributed by atoms with van der Waals surface area (Å²) in [5.41, 5.74) is 1.11. The highest BCUT2D eigenvalue weighted by Gasteiger charge is 2.17. The van der Waals surface area contributed by atoms with Crippen LogP contribution in [-0.4, -0.2) is 20.3 Å². The van der Waals surface area contributed by atoms with Crippen molar-refractivity contribution in [3.63, 3.8) is 0 Å². The van der Waals surface area contributed by atoms with E-state index >= 15 is 0 Å². The van der Waals surface area contributed by atoms with Gasteiger partial charge in [-0.25, -0.2) is 13.6 Å². The van der Waals surface area contributed by atoms with E-state index in [2.05, 4.69) is 5.32 Å². The number of carboxylic acid groups (broad SMARTS) is 1. The van der Waals surface area contributed by atoms with Crippen LogP contribution in [0.15, 0.2) is 59.5 Å². The van der Waals surface area contributed by atoms with Gasteiger partial charge in [0.25, 0.3) is 0 Å². The minimum absolute atomic E-state index is 0.0467. The standard InChI is InChI=1S/C17H18N2O5S/c18-25(23,24)15-8-6-14(7-9-15)19-16(20)10-13(11-17(21)22)12-4-2-1-3-5-12/h1-9,13H,10-11H2,(H,19,20)(H,21,22)(H2,18,23,24)/p-1/t13-/m1/s1. The normalized spacial score (nSPS) is 12.4. The molecule has 0 unspecified atom stereocenters. The van der Waals surface area contributed by atoms with Gasteiger partial charge in [-0.15, -0.1) is 0 Å². The first kappa shape index (κ1) is 18.6. The van der Waals surface area contributed by atoms with E-state index in [0.717, 1.165) is 5.56 Å². The second-order valence-electron chi connectivity index (χ2n) is 5.51. The molecule has 2 rings (SSSR count). The number of benzene rings is 2. The van der Waals surface area contributed by atoms with Crippen LogP contribution in [0.3, 0.4) is 0 Å². The fourth-order valence-electron chi connectivity index (χ4n) is 2.40. The number of aliphatic carboxylic acids is 1. The summed E-state index contributed by atoms with van der Waals surface area (Å²) in [6.07, 6.45) is -0.323. The predicted molar refractivity (Wildman–Crippen MR) is 89.9 cm³/mol. The molecule has 132 valence electrons. The molecule has 0 aliphatic rings. The Bertz CT molecular complexity index is 848. The van der Waals surface area contributed by atoms with E-state index in [0.29, 0.717) is 5.69 Å². The molecule has 8 heteroatoms. The van der Waals surface area contributed by atoms with Gasteiger partial charge in [0.05, 0.1) is 4.90 Å². The largest absolute Gasteiger partial charge is 0.550 e. The number of carbonyl (C=O) groups is 2. The minimum Gasteiger partial charge on any atom is -0.550 e. The molecule has 0 radical (unpaired) electrons. The van der Waals surface area contributed by atoms with E-state index in [1.807, 2.05) is 0 Å². The molecule has 0 aliphatic heterocycles. The second kappa shape index (κ2) is 7.91. The van der Waals surface area contributed by atoms with Gasteiger partial charge in [-0.1, -0.05) is 30.3 Å². The summed E-state index contributed by atoms with van der Waals surface area (Å²) < 4.78 is 22.4. The lowest BCUT2D eigenvalue weighted by atomic mass is 9.92. The number of sulfonamides is 1. The monoisotopic (exact) mass is 361 g/mol. The van der Waals surface area contributed by atoms with E-state index in [-0.39, 0.29) is 17.7 Å². The van der Waals surface area contributed by atoms with Crippen molar-refractivity contribution < 1.29 is 23.1 Å². The van der Waals surface area contributed by atoms with Crippen molar-refractivity contribution in [3.8, 4) is 0 Å². The number of hydrogen-bond donors (Lipinski definition) is 2. The van der Waals surface area contributed by atoms with Crippen LogP contribution in [0.25, 0.3) is 0 Å². The summed E-state index contributed by atoms with van der Waals surface area (Å²) in [6.45, 7) is 0. The summed E-state index contributed by atoms with van der Waals surface area (Å²) >= 11 is 0. The lowest BCUT2D eigenvalue weighted by Gasteiger charge is -2.17. The van der Waals surface area contributed by atoms with Crippen molar-refractivity contribution in [2.24, 2.45) is 5.14 Å². The van der Waals surface area contributed by atoms with Crippen molar-refractivity contribution in [2.75, 3.05) is 5.32 Å². The number of nitrogens with two attached hydrogens (primary N) is 1. The maximum atomic E-state index is 12.2. The molecule has 0 fully saturated rings. The molecule has 25 heavy (non-hydrogen) atoms. The van der Waals surface area contributed by atoms with Crippen LogP contribution in [0.5, 0.6) is 0 Å². The van der Waals surface area contributed by atoms with Crippen LogP contribution < -0.4 is 15.6 Å². The van der Waals surface area contributed by atoms with Gasteiger partial charge in [-0.05, 0) is 42.2 Å². The minimum atomic E-state index is -3.80. The maximum absolute atomic E-state index is 12.2. The SMILES string of the molecule is NS(=O)(=O)c1ccc(NC(=O)C[C@H](CC(=O)[O-])c2ccccc2)cc1. The Morgan fingerprint density at radius 3 is 2.12 bits per heavy atom. The van der Waals surface area contributed by atoms with Crippen LogP contribution in [-0.2, 0) is 19.6 Å². The molecule has 2 aromatic carbocycles. The topological polar surface area (TPSA) is 129 Å². The van der Waals surface area contributed by atoms with E-state index < -0.39 is 27.8 Å². The van der Waals surface area contributed by atoms with Crippen LogP contribution in [0, 0.1) is 0 Å². The number of nitrogens with one attached hydrogen (secondary N) is 1. The molecule has 0 saturated carbocycles. The van der Waals surface area contributed by atoms with E-state index in [9.17, 15) is 23.1 Å². The summed E-state index contributed by atoms with van der Waals surface area (Å²) in [6, 6.07) is 14.2. The average molecular weight is 361 g/mol. The van der Waals surface area contributed by atoms with Crippen LogP contribution in [0.1, 0.15) is 24.3 Å². The first-order valence-electron chi connectivity index (χ1n) is 7.43. The van der Waals surface area contributed by atoms with E-state index in [1.165, 1.54) is 24.3 Å². The van der Waals surface area contributed by atoms with E-state index in [1.54, 1.807) is 30.3 Å². The summed E-state index contributed by atoms with van der Waals surface area (Å²) in [5.74, 6) is -2.15. The number of rotatable bonds is 7. The van der Waals surface area contributed by atoms with Gasteiger partial charge in [0, 0.05) is 18.1 Å². The Balaban J connectivity index is 2.07. The molecular formula is C17H17N2O5S-. The van der Waals surface area contributed by atoms with Gasteiger partial charge < -0.3 is 15.2 Å². The maximum Gasteiger partial charge on any atom is 0.238 e. The number of carboxylic acids is 1. The highest BCUT2D eigenvalue weighted by Crippen LogP contribution is 2.24. The van der Waals surface area contributed by atoms with Crippen LogP contribution >= 0.6 is 0 Å². The fourth-order valence-corrected chi connectivity index (χ4v) is 2.91. The second-order valence-corrected chi connectivity index (χ2v) is 7.07. The third kappa shape index (κ3) is 5.70. The molecule has 0 aromatic heterocycles. The molecule has 1 atom stereocenters. The molecule has 3 N–H and O–H groups in total. The molecule has 2 aromatic rings. The van der Waals surface area contributed by atoms with Crippen molar-refractivity contribution in [2.45, 2.75) is 23.7 Å². The number of anilines is 1. The summed E-state index contributed by atoms with van der Waals surface area (Å²) in [7, 11) is -3.80. The fraction of sp³-hybridized carbons (Fsp3) is 0.176. The zero-order valence-electron chi connectivity index (χ0n) is 13.2. The van der Waals surface area contributed by atoms with Gasteiger partial charge in [-0.3, -0.25) is 4.79 Å². The molecule has 0 bridgehead atoms. The number of primary sulfonamides is 1. The molecular weight excluding hydrogens is 344 g/mol. The first-order valence-corrected chi connectivity index (χ1v) is 8.98. The molecule has 0 aliphatic carbocycles. The molecule has 7 nitrogen and oxygen atoms in total. The predicted octanol–water partition coefficient (Wildman–Crippen LogP) is 0.586. The quantitative estimate of drug-likeness (QED) is 0.745. The number of amides is 1. The highest BCUT2D eigenvalue weighted by molar-refractivity contribution is 7.89. The van der Waals surface area contributed by atoms with Gasteiger partial charge in [0.15, 0.2) is 0 Å². The van der Waals surface area contributed by atoms with Gasteiger partial charge in [0.1, 0.15) is 0 Å². The Morgan fingerprint density at radius 1 is 1.00 bits per heavy atom. The van der Waals surface area contributed by atoms with Gasteiger partial charge >= 0.3 is 0 Å². The zero-order valence-corrected chi connectivity index (χ0v) is 14.0. The Morgan fingerprint density at radius 2 is 1.60 bits per heavy atom. The Labute approximate surface area is 145 Å². The number of carbonyl (C=O) groups excluding carboxylic acids is 2. The Hall–Kier alpha value is -2.71. The summed E-state index contributed by atoms with van der Waals surface area (Å²) in [4.78, 5) is 23.1. The molecule has 0 saturated heterocycles. The van der Waals surface area contributed by atoms with Crippen molar-refractivity contribution >= 4 is 27.6 Å². The summed E-state index contributed by atoms with van der Waals surface area (Å²) in [5, 5.41) is 18.6. The van der Waals surface area contributed by atoms with Crippen molar-refractivity contribution in [3.05, 3.63) is 60.2 Å². The van der Waals surface area contributed by atoms with Gasteiger partial charge in [-0.2, -0.15) is 0 Å². The van der Waals surface area contributed by atoms with Crippen molar-refractivity contribution in [1.82, 2.24) is 0 Å². The van der Waals surface area contributed by atoms with Crippen molar-refractivity contribution in [1.29, 1.82) is 0 Å². The zero-order chi connectivity index (χ0) is 18.4. The smallest absolute Gasteiger partial charge is 0.238 e. The lowest BCUT2D eigenvalue weighted by molar-refractivity contribution is -0.306.